The van der Waals surface area contributed by atoms with Crippen molar-refractivity contribution in [1.29, 1.82) is 0 Å². The summed E-state index contributed by atoms with van der Waals surface area (Å²) in [5, 5.41) is 3.52. The fourth-order valence-electron chi connectivity index (χ4n) is 2.33. The molecule has 15 heavy (non-hydrogen) atoms. The summed E-state index contributed by atoms with van der Waals surface area (Å²) in [6.07, 6.45) is 2.38. The van der Waals surface area contributed by atoms with E-state index in [2.05, 4.69) is 47.2 Å². The van der Waals surface area contributed by atoms with Crippen molar-refractivity contribution in [2.75, 3.05) is 13.1 Å². The van der Waals surface area contributed by atoms with Crippen molar-refractivity contribution in [3.63, 3.8) is 0 Å². The van der Waals surface area contributed by atoms with Gasteiger partial charge in [-0.3, -0.25) is 0 Å². The van der Waals surface area contributed by atoms with E-state index in [1.807, 2.05) is 0 Å². The fraction of sp³-hybridized carbons (Fsp3) is 0.538. The van der Waals surface area contributed by atoms with Crippen LogP contribution in [0.25, 0.3) is 0 Å². The zero-order valence-electron chi connectivity index (χ0n) is 9.44. The van der Waals surface area contributed by atoms with Crippen LogP contribution in [-0.2, 0) is 6.42 Å². The lowest BCUT2D eigenvalue weighted by Crippen LogP contribution is -2.19. The van der Waals surface area contributed by atoms with Gasteiger partial charge in [-0.15, -0.1) is 0 Å². The summed E-state index contributed by atoms with van der Waals surface area (Å²) < 4.78 is 1.25. The standard InChI is InChI=1S/C13H18BrN/c1-3-10-8-15-5-4-11-6-9(2)13(14)7-12(10)11/h6-7,10,15H,3-5,8H2,1-2H3. The third kappa shape index (κ3) is 2.26. The Morgan fingerprint density at radius 2 is 2.27 bits per heavy atom. The molecule has 1 aliphatic rings. The van der Waals surface area contributed by atoms with Crippen LogP contribution in [0.15, 0.2) is 16.6 Å². The Morgan fingerprint density at radius 1 is 1.47 bits per heavy atom. The van der Waals surface area contributed by atoms with E-state index in [4.69, 9.17) is 0 Å². The SMILES string of the molecule is CCC1CNCCc2cc(C)c(Br)cc21. The highest BCUT2D eigenvalue weighted by Gasteiger charge is 2.17. The van der Waals surface area contributed by atoms with Gasteiger partial charge in [0.2, 0.25) is 0 Å². The number of fused-ring (bicyclic) bond motifs is 1. The molecule has 0 saturated carbocycles. The maximum absolute atomic E-state index is 3.64. The zero-order valence-corrected chi connectivity index (χ0v) is 11.0. The highest BCUT2D eigenvalue weighted by Crippen LogP contribution is 2.30. The molecule has 0 radical (unpaired) electrons. The van der Waals surface area contributed by atoms with Crippen LogP contribution in [0.3, 0.4) is 0 Å². The number of nitrogens with one attached hydrogen (secondary N) is 1. The lowest BCUT2D eigenvalue weighted by Gasteiger charge is -2.16. The monoisotopic (exact) mass is 267 g/mol. The predicted octanol–water partition coefficient (Wildman–Crippen LogP) is 3.40. The highest BCUT2D eigenvalue weighted by molar-refractivity contribution is 9.10. The zero-order chi connectivity index (χ0) is 10.8. The van der Waals surface area contributed by atoms with Gasteiger partial charge in [-0.1, -0.05) is 28.9 Å². The van der Waals surface area contributed by atoms with E-state index >= 15 is 0 Å². The van der Waals surface area contributed by atoms with Crippen LogP contribution in [0.1, 0.15) is 36.0 Å². The summed E-state index contributed by atoms with van der Waals surface area (Å²) in [6.45, 7) is 6.68. The minimum atomic E-state index is 0.680. The van der Waals surface area contributed by atoms with Gasteiger partial charge in [0.15, 0.2) is 0 Å². The van der Waals surface area contributed by atoms with E-state index in [-0.39, 0.29) is 0 Å². The molecule has 0 aliphatic carbocycles. The molecule has 0 bridgehead atoms. The first-order chi connectivity index (χ1) is 7.22. The molecule has 0 amide bonds. The summed E-state index contributed by atoms with van der Waals surface area (Å²) in [4.78, 5) is 0. The largest absolute Gasteiger partial charge is 0.316 e. The van der Waals surface area contributed by atoms with Gasteiger partial charge in [-0.25, -0.2) is 0 Å². The van der Waals surface area contributed by atoms with Crippen molar-refractivity contribution < 1.29 is 0 Å². The van der Waals surface area contributed by atoms with E-state index in [1.54, 1.807) is 5.56 Å². The molecule has 1 heterocycles. The second kappa shape index (κ2) is 4.67. The van der Waals surface area contributed by atoms with Crippen molar-refractivity contribution >= 4 is 15.9 Å². The van der Waals surface area contributed by atoms with Crippen molar-refractivity contribution in [2.45, 2.75) is 32.6 Å². The van der Waals surface area contributed by atoms with E-state index in [9.17, 15) is 0 Å². The first-order valence-corrected chi connectivity index (χ1v) is 6.51. The second-order valence-corrected chi connectivity index (χ2v) is 5.21. The lowest BCUT2D eigenvalue weighted by atomic mass is 9.91. The normalized spacial score (nSPS) is 20.9. The average molecular weight is 268 g/mol. The van der Waals surface area contributed by atoms with E-state index < -0.39 is 0 Å². The van der Waals surface area contributed by atoms with Crippen LogP contribution in [0, 0.1) is 6.92 Å². The molecule has 1 nitrogen and oxygen atoms in total. The number of hydrogen-bond donors (Lipinski definition) is 1. The Kier molecular flexibility index (Phi) is 3.47. The number of hydrogen-bond acceptors (Lipinski definition) is 1. The number of halogens is 1. The van der Waals surface area contributed by atoms with Crippen molar-refractivity contribution in [3.05, 3.63) is 33.3 Å². The van der Waals surface area contributed by atoms with Crippen LogP contribution in [-0.4, -0.2) is 13.1 Å². The summed E-state index contributed by atoms with van der Waals surface area (Å²) in [6, 6.07) is 4.67. The smallest absolute Gasteiger partial charge is 0.0207 e. The molecule has 0 fully saturated rings. The maximum Gasteiger partial charge on any atom is 0.0207 e. The molecule has 0 aromatic heterocycles. The minimum Gasteiger partial charge on any atom is -0.316 e. The summed E-state index contributed by atoms with van der Waals surface area (Å²) in [5.74, 6) is 0.680. The van der Waals surface area contributed by atoms with E-state index in [1.165, 1.54) is 28.4 Å². The molecule has 1 aromatic carbocycles. The van der Waals surface area contributed by atoms with Crippen molar-refractivity contribution in [2.24, 2.45) is 0 Å². The summed E-state index contributed by atoms with van der Waals surface area (Å²) in [7, 11) is 0. The van der Waals surface area contributed by atoms with Gasteiger partial charge in [0.25, 0.3) is 0 Å². The molecule has 1 N–H and O–H groups in total. The van der Waals surface area contributed by atoms with E-state index in [0.717, 1.165) is 13.1 Å². The number of rotatable bonds is 1. The molecule has 1 atom stereocenters. The van der Waals surface area contributed by atoms with Crippen LogP contribution < -0.4 is 5.32 Å². The van der Waals surface area contributed by atoms with Gasteiger partial charge < -0.3 is 5.32 Å². The van der Waals surface area contributed by atoms with Crippen LogP contribution in [0.5, 0.6) is 0 Å². The third-order valence-electron chi connectivity index (χ3n) is 3.31. The molecule has 82 valence electrons. The molecule has 0 spiro atoms. The molecule has 1 aromatic rings. The van der Waals surface area contributed by atoms with Crippen LogP contribution in [0.4, 0.5) is 0 Å². The molecule has 0 saturated heterocycles. The maximum atomic E-state index is 3.64. The Hall–Kier alpha value is -0.340. The number of benzene rings is 1. The van der Waals surface area contributed by atoms with Gasteiger partial charge in [-0.2, -0.15) is 0 Å². The second-order valence-electron chi connectivity index (χ2n) is 4.36. The van der Waals surface area contributed by atoms with Gasteiger partial charge in [0.05, 0.1) is 0 Å². The Labute approximate surface area is 100 Å². The first kappa shape index (κ1) is 11.2. The third-order valence-corrected chi connectivity index (χ3v) is 4.17. The highest BCUT2D eigenvalue weighted by atomic mass is 79.9. The van der Waals surface area contributed by atoms with Gasteiger partial charge >= 0.3 is 0 Å². The van der Waals surface area contributed by atoms with Crippen LogP contribution >= 0.6 is 15.9 Å². The van der Waals surface area contributed by atoms with Crippen LogP contribution in [0.2, 0.25) is 0 Å². The molecule has 1 unspecified atom stereocenters. The number of aryl methyl sites for hydroxylation is 1. The van der Waals surface area contributed by atoms with E-state index in [0.29, 0.717) is 5.92 Å². The fourth-order valence-corrected chi connectivity index (χ4v) is 2.69. The molecular weight excluding hydrogens is 250 g/mol. The van der Waals surface area contributed by atoms with Crippen molar-refractivity contribution in [3.8, 4) is 0 Å². The quantitative estimate of drug-likeness (QED) is 0.823. The molecular formula is C13H18BrN. The average Bonchev–Trinajstić information content (AvgIpc) is 2.41. The van der Waals surface area contributed by atoms with Gasteiger partial charge in [-0.05, 0) is 55.0 Å². The van der Waals surface area contributed by atoms with Gasteiger partial charge in [0, 0.05) is 11.0 Å². The van der Waals surface area contributed by atoms with Gasteiger partial charge in [0.1, 0.15) is 0 Å². The molecule has 1 aliphatic heterocycles. The van der Waals surface area contributed by atoms with Crippen molar-refractivity contribution in [1.82, 2.24) is 5.32 Å². The Balaban J connectivity index is 2.46. The molecule has 2 heteroatoms. The first-order valence-electron chi connectivity index (χ1n) is 5.72. The lowest BCUT2D eigenvalue weighted by molar-refractivity contribution is 0.594. The Bertz CT molecular complexity index is 360. The summed E-state index contributed by atoms with van der Waals surface area (Å²) in [5.41, 5.74) is 4.43. The minimum absolute atomic E-state index is 0.680. The molecule has 2 rings (SSSR count). The summed E-state index contributed by atoms with van der Waals surface area (Å²) >= 11 is 3.64. The Morgan fingerprint density at radius 3 is 3.00 bits per heavy atom. The predicted molar refractivity (Wildman–Crippen MR) is 68.5 cm³/mol. The topological polar surface area (TPSA) is 12.0 Å².